The van der Waals surface area contributed by atoms with Gasteiger partial charge in [0, 0.05) is 13.6 Å². The lowest BCUT2D eigenvalue weighted by atomic mass is 10.1. The Morgan fingerprint density at radius 3 is 2.67 bits per heavy atom. The molecule has 140 valence electrons. The number of benzene rings is 1. The second kappa shape index (κ2) is 7.78. The highest BCUT2D eigenvalue weighted by Gasteiger charge is 2.21. The number of hydrogen-bond donors (Lipinski definition) is 1. The summed E-state index contributed by atoms with van der Waals surface area (Å²) in [6, 6.07) is 7.74. The number of ether oxygens (including phenoxy) is 2. The molecule has 0 aliphatic carbocycles. The predicted octanol–water partition coefficient (Wildman–Crippen LogP) is 2.98. The molecule has 3 aromatic rings. The maximum atomic E-state index is 9.41. The second-order valence-corrected chi connectivity index (χ2v) is 6.90. The Hall–Kier alpha value is -2.89. The van der Waals surface area contributed by atoms with E-state index in [1.165, 1.54) is 11.3 Å². The van der Waals surface area contributed by atoms with Crippen LogP contribution < -0.4 is 14.4 Å². The van der Waals surface area contributed by atoms with Crippen molar-refractivity contribution in [3.8, 4) is 29.0 Å². The van der Waals surface area contributed by atoms with Gasteiger partial charge in [-0.2, -0.15) is 5.26 Å². The molecule has 0 atom stereocenters. The molecule has 0 fully saturated rings. The molecule has 2 aromatic heterocycles. The standard InChI is InChI=1S/C19H20N4O3S/c1-11-14(10-20)27-19-15(11)18(23(2)8-9-24)21-17(22-19)12-6-5-7-13(25-3)16(12)26-4/h5-7,24H,8-9H2,1-4H3. The smallest absolute Gasteiger partial charge is 0.171 e. The van der Waals surface area contributed by atoms with Crippen molar-refractivity contribution in [3.63, 3.8) is 0 Å². The highest BCUT2D eigenvalue weighted by atomic mass is 32.1. The van der Waals surface area contributed by atoms with Crippen molar-refractivity contribution >= 4 is 27.4 Å². The van der Waals surface area contributed by atoms with Gasteiger partial charge in [-0.25, -0.2) is 9.97 Å². The van der Waals surface area contributed by atoms with E-state index in [0.717, 1.165) is 15.8 Å². The van der Waals surface area contributed by atoms with Crippen molar-refractivity contribution in [2.75, 3.05) is 39.3 Å². The summed E-state index contributed by atoms with van der Waals surface area (Å²) in [4.78, 5) is 12.6. The Bertz CT molecular complexity index is 1030. The van der Waals surface area contributed by atoms with Gasteiger partial charge in [-0.3, -0.25) is 0 Å². The number of nitrogens with zero attached hydrogens (tertiary/aromatic N) is 4. The molecule has 0 saturated heterocycles. The van der Waals surface area contributed by atoms with E-state index in [1.807, 2.05) is 37.1 Å². The fourth-order valence-electron chi connectivity index (χ4n) is 2.94. The molecule has 2 heterocycles. The molecule has 0 radical (unpaired) electrons. The minimum atomic E-state index is -0.00585. The molecule has 7 nitrogen and oxygen atoms in total. The molecule has 0 saturated carbocycles. The summed E-state index contributed by atoms with van der Waals surface area (Å²) in [6.45, 7) is 2.30. The van der Waals surface area contributed by atoms with Gasteiger partial charge in [-0.15, -0.1) is 11.3 Å². The van der Waals surface area contributed by atoms with Gasteiger partial charge in [0.1, 0.15) is 21.6 Å². The molecule has 0 unspecified atom stereocenters. The third-order valence-corrected chi connectivity index (χ3v) is 5.40. The zero-order valence-electron chi connectivity index (χ0n) is 15.6. The highest BCUT2D eigenvalue weighted by molar-refractivity contribution is 7.19. The van der Waals surface area contributed by atoms with Crippen LogP contribution >= 0.6 is 11.3 Å². The summed E-state index contributed by atoms with van der Waals surface area (Å²) in [7, 11) is 5.00. The van der Waals surface area contributed by atoms with Crippen LogP contribution in [0.15, 0.2) is 18.2 Å². The molecule has 1 aromatic carbocycles. The average Bonchev–Trinajstić information content (AvgIpc) is 3.02. The summed E-state index contributed by atoms with van der Waals surface area (Å²) in [6.07, 6.45) is 0. The van der Waals surface area contributed by atoms with E-state index in [1.54, 1.807) is 14.2 Å². The lowest BCUT2D eigenvalue weighted by molar-refractivity contribution is 0.304. The van der Waals surface area contributed by atoms with E-state index in [2.05, 4.69) is 6.07 Å². The van der Waals surface area contributed by atoms with E-state index in [4.69, 9.17) is 19.4 Å². The highest BCUT2D eigenvalue weighted by Crippen LogP contribution is 2.40. The number of aromatic nitrogens is 2. The van der Waals surface area contributed by atoms with Gasteiger partial charge in [-0.05, 0) is 24.6 Å². The lowest BCUT2D eigenvalue weighted by Gasteiger charge is -2.19. The topological polar surface area (TPSA) is 91.5 Å². The zero-order valence-corrected chi connectivity index (χ0v) is 16.4. The second-order valence-electron chi connectivity index (χ2n) is 5.91. The Morgan fingerprint density at radius 2 is 2.04 bits per heavy atom. The maximum absolute atomic E-state index is 9.41. The number of aliphatic hydroxyl groups excluding tert-OH is 1. The van der Waals surface area contributed by atoms with Gasteiger partial charge < -0.3 is 19.5 Å². The fraction of sp³-hybridized carbons (Fsp3) is 0.316. The van der Waals surface area contributed by atoms with Crippen LogP contribution in [-0.4, -0.2) is 49.5 Å². The van der Waals surface area contributed by atoms with Gasteiger partial charge in [0.25, 0.3) is 0 Å². The summed E-state index contributed by atoms with van der Waals surface area (Å²) in [5.41, 5.74) is 1.54. The minimum Gasteiger partial charge on any atom is -0.493 e. The Kier molecular flexibility index (Phi) is 5.44. The monoisotopic (exact) mass is 384 g/mol. The van der Waals surface area contributed by atoms with E-state index in [-0.39, 0.29) is 6.61 Å². The molecule has 0 amide bonds. The SMILES string of the molecule is COc1cccc(-c2nc(N(C)CCO)c3c(C)c(C#N)sc3n2)c1OC. The molecule has 3 rings (SSSR count). The lowest BCUT2D eigenvalue weighted by Crippen LogP contribution is -2.23. The van der Waals surface area contributed by atoms with E-state index in [0.29, 0.717) is 40.1 Å². The molecule has 0 aliphatic heterocycles. The first-order chi connectivity index (χ1) is 13.0. The first kappa shape index (κ1) is 18.9. The van der Waals surface area contributed by atoms with Crippen LogP contribution in [-0.2, 0) is 0 Å². The number of nitriles is 1. The largest absolute Gasteiger partial charge is 0.493 e. The third-order valence-electron chi connectivity index (χ3n) is 4.31. The quantitative estimate of drug-likeness (QED) is 0.698. The number of para-hydroxylation sites is 1. The Balaban J connectivity index is 2.32. The van der Waals surface area contributed by atoms with Gasteiger partial charge in [0.2, 0.25) is 0 Å². The Labute approximate surface area is 161 Å². The summed E-state index contributed by atoms with van der Waals surface area (Å²) in [5, 5.41) is 19.6. The van der Waals surface area contributed by atoms with E-state index < -0.39 is 0 Å². The molecule has 0 bridgehead atoms. The van der Waals surface area contributed by atoms with Gasteiger partial charge >= 0.3 is 0 Å². The molecule has 0 spiro atoms. The molecular formula is C19H20N4O3S. The third kappa shape index (κ3) is 3.27. The predicted molar refractivity (Wildman–Crippen MR) is 106 cm³/mol. The van der Waals surface area contributed by atoms with E-state index in [9.17, 15) is 10.4 Å². The van der Waals surface area contributed by atoms with Crippen LogP contribution in [0.3, 0.4) is 0 Å². The normalized spacial score (nSPS) is 10.7. The molecule has 1 N–H and O–H groups in total. The first-order valence-electron chi connectivity index (χ1n) is 8.30. The van der Waals surface area contributed by atoms with Crippen LogP contribution in [0.5, 0.6) is 11.5 Å². The number of aliphatic hydroxyl groups is 1. The number of rotatable bonds is 6. The van der Waals surface area contributed by atoms with Crippen molar-refractivity contribution in [2.24, 2.45) is 0 Å². The number of methoxy groups -OCH3 is 2. The van der Waals surface area contributed by atoms with Crippen LogP contribution in [0.4, 0.5) is 5.82 Å². The number of fused-ring (bicyclic) bond motifs is 1. The number of likely N-dealkylation sites (N-methyl/N-ethyl adjacent to an activating group) is 1. The molecule has 0 aliphatic rings. The first-order valence-corrected chi connectivity index (χ1v) is 9.11. The summed E-state index contributed by atoms with van der Waals surface area (Å²) < 4.78 is 10.9. The number of anilines is 1. The fourth-order valence-corrected chi connectivity index (χ4v) is 3.91. The van der Waals surface area contributed by atoms with E-state index >= 15 is 0 Å². The van der Waals surface area contributed by atoms with Crippen molar-refractivity contribution in [1.29, 1.82) is 5.26 Å². The van der Waals surface area contributed by atoms with Gasteiger partial charge in [0.05, 0.1) is 31.8 Å². The van der Waals surface area contributed by atoms with Crippen LogP contribution in [0.1, 0.15) is 10.4 Å². The molecular weight excluding hydrogens is 364 g/mol. The minimum absolute atomic E-state index is 0.00585. The maximum Gasteiger partial charge on any atom is 0.171 e. The summed E-state index contributed by atoms with van der Waals surface area (Å²) >= 11 is 1.33. The number of thiophene rings is 1. The van der Waals surface area contributed by atoms with Crippen molar-refractivity contribution in [2.45, 2.75) is 6.92 Å². The summed E-state index contributed by atoms with van der Waals surface area (Å²) in [5.74, 6) is 2.28. The van der Waals surface area contributed by atoms with Crippen LogP contribution in [0.25, 0.3) is 21.6 Å². The number of hydrogen-bond acceptors (Lipinski definition) is 8. The van der Waals surface area contributed by atoms with Crippen molar-refractivity contribution in [1.82, 2.24) is 9.97 Å². The van der Waals surface area contributed by atoms with Crippen LogP contribution in [0.2, 0.25) is 0 Å². The van der Waals surface area contributed by atoms with Gasteiger partial charge in [0.15, 0.2) is 17.3 Å². The van der Waals surface area contributed by atoms with Crippen molar-refractivity contribution < 1.29 is 14.6 Å². The average molecular weight is 384 g/mol. The molecule has 8 heteroatoms. The van der Waals surface area contributed by atoms with Crippen LogP contribution in [0, 0.1) is 18.3 Å². The van der Waals surface area contributed by atoms with Gasteiger partial charge in [-0.1, -0.05) is 6.07 Å². The Morgan fingerprint density at radius 1 is 1.26 bits per heavy atom. The number of aryl methyl sites for hydroxylation is 1. The van der Waals surface area contributed by atoms with Crippen molar-refractivity contribution in [3.05, 3.63) is 28.6 Å². The zero-order chi connectivity index (χ0) is 19.6. The molecule has 27 heavy (non-hydrogen) atoms.